The van der Waals surface area contributed by atoms with Crippen molar-refractivity contribution in [2.24, 2.45) is 0 Å². The highest BCUT2D eigenvalue weighted by molar-refractivity contribution is 5.86. The van der Waals surface area contributed by atoms with Crippen LogP contribution in [0.25, 0.3) is 0 Å². The molecule has 0 N–H and O–H groups in total. The van der Waals surface area contributed by atoms with Crippen molar-refractivity contribution in [2.75, 3.05) is 0 Å². The largest absolute Gasteiger partial charge is 0.450 e. The predicted octanol–water partition coefficient (Wildman–Crippen LogP) is 1.31. The van der Waals surface area contributed by atoms with Crippen LogP contribution in [0.1, 0.15) is 25.7 Å². The number of esters is 1. The number of ketones is 1. The normalized spacial score (nSPS) is 23.3. The summed E-state index contributed by atoms with van der Waals surface area (Å²) in [6.07, 6.45) is -1.89. The Balaban J connectivity index is 2.43. The first-order chi connectivity index (χ1) is 6.11. The standard InChI is InChI=1S/C8H10F2O3/c9-7(10)8(12)13-6-4-2-1-3-5(6)11/h6-7H,1-4H2. The molecule has 1 fully saturated rings. The highest BCUT2D eigenvalue weighted by Crippen LogP contribution is 2.18. The second-order valence-corrected chi connectivity index (χ2v) is 2.94. The number of hydrogen-bond donors (Lipinski definition) is 0. The molecular weight excluding hydrogens is 182 g/mol. The van der Waals surface area contributed by atoms with Crippen LogP contribution in [0.3, 0.4) is 0 Å². The molecule has 0 aromatic heterocycles. The third-order valence-electron chi connectivity index (χ3n) is 1.94. The lowest BCUT2D eigenvalue weighted by molar-refractivity contribution is -0.167. The van der Waals surface area contributed by atoms with E-state index in [9.17, 15) is 18.4 Å². The Hall–Kier alpha value is -1.00. The van der Waals surface area contributed by atoms with Crippen molar-refractivity contribution in [2.45, 2.75) is 38.2 Å². The third kappa shape index (κ3) is 2.75. The highest BCUT2D eigenvalue weighted by atomic mass is 19.3. The molecule has 0 saturated heterocycles. The number of carbonyl (C=O) groups excluding carboxylic acids is 2. The Morgan fingerprint density at radius 2 is 2.15 bits per heavy atom. The smallest absolute Gasteiger partial charge is 0.374 e. The molecule has 1 rings (SSSR count). The van der Waals surface area contributed by atoms with Crippen molar-refractivity contribution < 1.29 is 23.1 Å². The maximum Gasteiger partial charge on any atom is 0.374 e. The molecule has 1 aliphatic rings. The molecule has 0 aromatic rings. The van der Waals surface area contributed by atoms with Gasteiger partial charge in [-0.3, -0.25) is 4.79 Å². The Morgan fingerprint density at radius 3 is 2.69 bits per heavy atom. The lowest BCUT2D eigenvalue weighted by atomic mass is 9.96. The van der Waals surface area contributed by atoms with Gasteiger partial charge in [0, 0.05) is 6.42 Å². The molecule has 0 bridgehead atoms. The van der Waals surface area contributed by atoms with Crippen molar-refractivity contribution in [1.82, 2.24) is 0 Å². The zero-order valence-corrected chi connectivity index (χ0v) is 6.96. The SMILES string of the molecule is O=C(OC1CCCCC1=O)C(F)F. The maximum atomic E-state index is 11.7. The van der Waals surface area contributed by atoms with E-state index in [4.69, 9.17) is 0 Å². The summed E-state index contributed by atoms with van der Waals surface area (Å²) in [6.45, 7) is 0. The fourth-order valence-electron chi connectivity index (χ4n) is 1.27. The van der Waals surface area contributed by atoms with Gasteiger partial charge in [0.2, 0.25) is 0 Å². The Bertz CT molecular complexity index is 215. The number of halogens is 2. The third-order valence-corrected chi connectivity index (χ3v) is 1.94. The van der Waals surface area contributed by atoms with Gasteiger partial charge in [-0.1, -0.05) is 0 Å². The molecule has 1 saturated carbocycles. The van der Waals surface area contributed by atoms with Crippen LogP contribution in [0.2, 0.25) is 0 Å². The van der Waals surface area contributed by atoms with Crippen molar-refractivity contribution in [3.8, 4) is 0 Å². The Kier molecular flexibility index (Phi) is 3.33. The lowest BCUT2D eigenvalue weighted by Gasteiger charge is -2.20. The van der Waals surface area contributed by atoms with E-state index in [2.05, 4.69) is 4.74 Å². The zero-order valence-electron chi connectivity index (χ0n) is 6.96. The van der Waals surface area contributed by atoms with Crippen molar-refractivity contribution in [3.63, 3.8) is 0 Å². The van der Waals surface area contributed by atoms with Crippen LogP contribution in [0, 0.1) is 0 Å². The summed E-state index contributed by atoms with van der Waals surface area (Å²) < 4.78 is 27.8. The van der Waals surface area contributed by atoms with Gasteiger partial charge in [0.1, 0.15) is 0 Å². The van der Waals surface area contributed by atoms with Gasteiger partial charge in [-0.2, -0.15) is 8.78 Å². The van der Waals surface area contributed by atoms with Crippen molar-refractivity contribution in [1.29, 1.82) is 0 Å². The molecule has 0 aliphatic heterocycles. The van der Waals surface area contributed by atoms with Crippen molar-refractivity contribution in [3.05, 3.63) is 0 Å². The molecule has 13 heavy (non-hydrogen) atoms. The highest BCUT2D eigenvalue weighted by Gasteiger charge is 2.28. The molecule has 1 aliphatic carbocycles. The van der Waals surface area contributed by atoms with Crippen LogP contribution < -0.4 is 0 Å². The van der Waals surface area contributed by atoms with Crippen LogP contribution in [-0.2, 0) is 14.3 Å². The van der Waals surface area contributed by atoms with E-state index in [-0.39, 0.29) is 5.78 Å². The summed E-state index contributed by atoms with van der Waals surface area (Å²) in [5.41, 5.74) is 0. The summed E-state index contributed by atoms with van der Waals surface area (Å²) in [6, 6.07) is 0. The van der Waals surface area contributed by atoms with Gasteiger partial charge in [-0.15, -0.1) is 0 Å². The average molecular weight is 192 g/mol. The van der Waals surface area contributed by atoms with Crippen LogP contribution in [-0.4, -0.2) is 24.3 Å². The molecule has 0 aromatic carbocycles. The molecule has 0 heterocycles. The van der Waals surface area contributed by atoms with E-state index >= 15 is 0 Å². The molecule has 5 heteroatoms. The molecule has 74 valence electrons. The summed E-state index contributed by atoms with van der Waals surface area (Å²) in [7, 11) is 0. The Labute approximate surface area is 74.1 Å². The number of ether oxygens (including phenoxy) is 1. The van der Waals surface area contributed by atoms with Gasteiger partial charge in [0.15, 0.2) is 11.9 Å². The van der Waals surface area contributed by atoms with Crippen LogP contribution in [0.15, 0.2) is 0 Å². The molecule has 0 spiro atoms. The number of hydrogen-bond acceptors (Lipinski definition) is 3. The summed E-state index contributed by atoms with van der Waals surface area (Å²) in [5, 5.41) is 0. The van der Waals surface area contributed by atoms with E-state index < -0.39 is 18.5 Å². The average Bonchev–Trinajstić information content (AvgIpc) is 2.08. The van der Waals surface area contributed by atoms with E-state index in [1.54, 1.807) is 0 Å². The molecule has 1 atom stereocenters. The number of Topliss-reactive ketones (excluding diaryl/α,β-unsaturated/α-hetero) is 1. The molecule has 3 nitrogen and oxygen atoms in total. The minimum atomic E-state index is -3.14. The maximum absolute atomic E-state index is 11.7. The monoisotopic (exact) mass is 192 g/mol. The van der Waals surface area contributed by atoms with E-state index in [0.717, 1.165) is 12.8 Å². The number of alkyl halides is 2. The molecule has 0 amide bonds. The minimum absolute atomic E-state index is 0.250. The molecular formula is C8H10F2O3. The van der Waals surface area contributed by atoms with E-state index in [0.29, 0.717) is 12.8 Å². The fraction of sp³-hybridized carbons (Fsp3) is 0.750. The topological polar surface area (TPSA) is 43.4 Å². The Morgan fingerprint density at radius 1 is 1.46 bits per heavy atom. The lowest BCUT2D eigenvalue weighted by Crippen LogP contribution is -2.32. The van der Waals surface area contributed by atoms with Crippen LogP contribution in [0.4, 0.5) is 8.78 Å². The first-order valence-corrected chi connectivity index (χ1v) is 4.12. The fourth-order valence-corrected chi connectivity index (χ4v) is 1.27. The summed E-state index contributed by atoms with van der Waals surface area (Å²) >= 11 is 0. The van der Waals surface area contributed by atoms with E-state index in [1.165, 1.54) is 0 Å². The van der Waals surface area contributed by atoms with Gasteiger partial charge in [0.25, 0.3) is 0 Å². The quantitative estimate of drug-likeness (QED) is 0.619. The van der Waals surface area contributed by atoms with Gasteiger partial charge in [-0.25, -0.2) is 4.79 Å². The van der Waals surface area contributed by atoms with Gasteiger partial charge in [-0.05, 0) is 19.3 Å². The van der Waals surface area contributed by atoms with Gasteiger partial charge >= 0.3 is 12.4 Å². The second kappa shape index (κ2) is 4.30. The van der Waals surface area contributed by atoms with Crippen LogP contribution in [0.5, 0.6) is 0 Å². The minimum Gasteiger partial charge on any atom is -0.450 e. The van der Waals surface area contributed by atoms with E-state index in [1.807, 2.05) is 0 Å². The van der Waals surface area contributed by atoms with Gasteiger partial charge in [0.05, 0.1) is 0 Å². The van der Waals surface area contributed by atoms with Crippen molar-refractivity contribution >= 4 is 11.8 Å². The molecule has 1 unspecified atom stereocenters. The zero-order chi connectivity index (χ0) is 9.84. The van der Waals surface area contributed by atoms with Crippen LogP contribution >= 0.6 is 0 Å². The summed E-state index contributed by atoms with van der Waals surface area (Å²) in [4.78, 5) is 21.5. The number of carbonyl (C=O) groups is 2. The first-order valence-electron chi connectivity index (χ1n) is 4.12. The first kappa shape index (κ1) is 10.1. The number of rotatable bonds is 2. The predicted molar refractivity (Wildman–Crippen MR) is 39.4 cm³/mol. The van der Waals surface area contributed by atoms with Gasteiger partial charge < -0.3 is 4.74 Å². The molecule has 0 radical (unpaired) electrons. The second-order valence-electron chi connectivity index (χ2n) is 2.94. The summed E-state index contributed by atoms with van der Waals surface area (Å²) in [5.74, 6) is -1.85.